The molecule has 3 heterocycles. The Balaban J connectivity index is 1.10. The molecule has 0 fully saturated rings. The molecule has 62 heavy (non-hydrogen) atoms. The van der Waals surface area contributed by atoms with E-state index in [1.807, 2.05) is 11.3 Å². The third-order valence-corrected chi connectivity index (χ3v) is 16.1. The number of hydrogen-bond acceptors (Lipinski definition) is 2. The summed E-state index contributed by atoms with van der Waals surface area (Å²) in [4.78, 5) is 0. The predicted octanol–water partition coefficient (Wildman–Crippen LogP) is 14.2. The molecular weight excluding hydrogens is 768 g/mol. The van der Waals surface area contributed by atoms with Crippen molar-refractivity contribution in [1.29, 1.82) is 0 Å². The lowest BCUT2D eigenvalue weighted by Crippen LogP contribution is -2.38. The smallest absolute Gasteiger partial charge is 0.198 e. The summed E-state index contributed by atoms with van der Waals surface area (Å²) in [6.07, 6.45) is 0. The molecule has 4 heteroatoms. The minimum Gasteiger partial charge on any atom is -0.355 e. The van der Waals surface area contributed by atoms with Crippen molar-refractivity contribution in [2.24, 2.45) is 0 Å². The Bertz CT molecular complexity index is 3610. The van der Waals surface area contributed by atoms with E-state index in [4.69, 9.17) is 0 Å². The minimum absolute atomic E-state index is 0.0831. The van der Waals surface area contributed by atoms with Gasteiger partial charge in [-0.25, -0.2) is 0 Å². The van der Waals surface area contributed by atoms with Crippen molar-refractivity contribution in [3.05, 3.63) is 173 Å². The van der Waals surface area contributed by atoms with Gasteiger partial charge in [0.15, 0.2) is 7.28 Å². The Labute approximate surface area is 368 Å². The first-order valence-electron chi connectivity index (χ1n) is 22.2. The maximum Gasteiger partial charge on any atom is 0.198 e. The average molecular weight is 815 g/mol. The largest absolute Gasteiger partial charge is 0.355 e. The van der Waals surface area contributed by atoms with Crippen LogP contribution >= 0.6 is 11.3 Å². The Morgan fingerprint density at radius 3 is 1.90 bits per heavy atom. The maximum atomic E-state index is 4.00. The van der Waals surface area contributed by atoms with Gasteiger partial charge in [-0.3, -0.25) is 0 Å². The highest BCUT2D eigenvalue weighted by atomic mass is 32.1. The highest BCUT2D eigenvalue weighted by Gasteiger charge is 2.39. The maximum absolute atomic E-state index is 4.00. The van der Waals surface area contributed by atoms with Crippen molar-refractivity contribution in [3.63, 3.8) is 0 Å². The molecule has 0 saturated carbocycles. The molecule has 298 valence electrons. The number of hydrogen-bond donors (Lipinski definition) is 1. The lowest BCUT2D eigenvalue weighted by atomic mass is 9.58. The number of aromatic nitrogens is 1. The Kier molecular flexibility index (Phi) is 7.13. The molecule has 0 saturated heterocycles. The van der Waals surface area contributed by atoms with Crippen LogP contribution in [0.5, 0.6) is 0 Å². The molecule has 0 bridgehead atoms. The van der Waals surface area contributed by atoms with Crippen molar-refractivity contribution >= 4 is 82.9 Å². The highest BCUT2D eigenvalue weighted by molar-refractivity contribution is 7.25. The van der Waals surface area contributed by atoms with Gasteiger partial charge in [-0.05, 0) is 115 Å². The quantitative estimate of drug-likeness (QED) is 0.176. The second-order valence-corrected chi connectivity index (χ2v) is 21.3. The molecular formula is C58H47BN2S. The van der Waals surface area contributed by atoms with Crippen LogP contribution in [0.15, 0.2) is 146 Å². The van der Waals surface area contributed by atoms with Crippen LogP contribution in [-0.4, -0.2) is 11.8 Å². The molecule has 8 aromatic carbocycles. The van der Waals surface area contributed by atoms with E-state index in [1.165, 1.54) is 120 Å². The van der Waals surface area contributed by atoms with Crippen LogP contribution in [0.3, 0.4) is 0 Å². The third kappa shape index (κ3) is 4.82. The van der Waals surface area contributed by atoms with Gasteiger partial charge in [0.25, 0.3) is 0 Å². The fourth-order valence-corrected chi connectivity index (χ4v) is 12.8. The first kappa shape index (κ1) is 36.3. The average Bonchev–Trinajstić information content (AvgIpc) is 3.93. The van der Waals surface area contributed by atoms with Crippen LogP contribution in [0.1, 0.15) is 76.3 Å². The van der Waals surface area contributed by atoms with Crippen LogP contribution in [0.4, 0.5) is 11.4 Å². The molecule has 10 aromatic rings. The van der Waals surface area contributed by atoms with Gasteiger partial charge < -0.3 is 9.88 Å². The van der Waals surface area contributed by atoms with Crippen molar-refractivity contribution < 1.29 is 0 Å². The number of nitrogens with zero attached hydrogens (tertiary/aromatic N) is 1. The number of fused-ring (bicyclic) bond motifs is 14. The minimum atomic E-state index is -0.133. The molecule has 0 radical (unpaired) electrons. The zero-order valence-electron chi connectivity index (χ0n) is 36.4. The first-order chi connectivity index (χ1) is 29.9. The number of anilines is 2. The lowest BCUT2D eigenvalue weighted by Gasteiger charge is -2.28. The van der Waals surface area contributed by atoms with Crippen molar-refractivity contribution in [1.82, 2.24) is 4.57 Å². The monoisotopic (exact) mass is 814 g/mol. The second-order valence-electron chi connectivity index (χ2n) is 20.2. The summed E-state index contributed by atoms with van der Waals surface area (Å²) in [5.74, 6) is 0. The molecule has 0 amide bonds. The van der Waals surface area contributed by atoms with Crippen LogP contribution in [0.25, 0.3) is 81.0 Å². The van der Waals surface area contributed by atoms with E-state index in [1.54, 1.807) is 0 Å². The summed E-state index contributed by atoms with van der Waals surface area (Å²) in [6.45, 7) is 16.5. The van der Waals surface area contributed by atoms with Crippen LogP contribution in [0, 0.1) is 0 Å². The third-order valence-electron chi connectivity index (χ3n) is 15.0. The Hall–Kier alpha value is -6.36. The molecule has 1 aliphatic heterocycles. The Morgan fingerprint density at radius 2 is 1.18 bits per heavy atom. The highest BCUT2D eigenvalue weighted by Crippen LogP contribution is 2.53. The molecule has 0 spiro atoms. The molecule has 2 aliphatic carbocycles. The van der Waals surface area contributed by atoms with Gasteiger partial charge in [0.05, 0.1) is 5.52 Å². The zero-order valence-corrected chi connectivity index (χ0v) is 37.2. The van der Waals surface area contributed by atoms with Gasteiger partial charge in [0, 0.05) is 69.9 Å². The summed E-state index contributed by atoms with van der Waals surface area (Å²) >= 11 is 1.91. The van der Waals surface area contributed by atoms with E-state index in [0.717, 1.165) is 18.7 Å². The number of thiophene rings is 1. The van der Waals surface area contributed by atoms with Crippen LogP contribution < -0.4 is 16.2 Å². The van der Waals surface area contributed by atoms with Crippen molar-refractivity contribution in [2.45, 2.75) is 64.7 Å². The van der Waals surface area contributed by atoms with E-state index in [0.29, 0.717) is 0 Å². The lowest BCUT2D eigenvalue weighted by molar-refractivity contribution is 0.590. The van der Waals surface area contributed by atoms with Gasteiger partial charge in [-0.15, -0.1) is 11.3 Å². The topological polar surface area (TPSA) is 17.0 Å². The second kappa shape index (κ2) is 12.2. The molecule has 0 unspecified atom stereocenters. The summed E-state index contributed by atoms with van der Waals surface area (Å²) < 4.78 is 5.32. The number of nitrogens with one attached hydrogen (secondary N) is 1. The summed E-state index contributed by atoms with van der Waals surface area (Å²) in [5, 5.41) is 9.33. The Morgan fingerprint density at radius 1 is 0.516 bits per heavy atom. The van der Waals surface area contributed by atoms with E-state index in [-0.39, 0.29) is 16.2 Å². The van der Waals surface area contributed by atoms with E-state index in [9.17, 15) is 0 Å². The summed E-state index contributed by atoms with van der Waals surface area (Å²) in [6, 6.07) is 56.0. The van der Waals surface area contributed by atoms with E-state index >= 15 is 0 Å². The van der Waals surface area contributed by atoms with Gasteiger partial charge in [-0.2, -0.15) is 0 Å². The first-order valence-corrected chi connectivity index (χ1v) is 23.0. The molecule has 2 nitrogen and oxygen atoms in total. The fraction of sp³-hybridized carbons (Fsp3) is 0.172. The van der Waals surface area contributed by atoms with Crippen LogP contribution in [0.2, 0.25) is 0 Å². The fourth-order valence-electron chi connectivity index (χ4n) is 11.7. The standard InChI is InChI=1S/C58H47BN2S/c1-56(2,3)32-20-22-33(23-21-32)60-49-28-39-34-14-8-11-17-44(34)57(4,5)46(39)27-41(49)37-24-25-38-42-26-43-36-16-10-13-19-52(36)62-53(43)31-50(42)61-51-29-40-35-15-9-12-18-45(35)58(6,7)47(40)30-48(51)59-54(37)55(38)61/h8-31,59-60H,1-7H3. The van der Waals surface area contributed by atoms with Gasteiger partial charge in [-0.1, -0.05) is 151 Å². The number of benzene rings is 8. The van der Waals surface area contributed by atoms with Crippen molar-refractivity contribution in [3.8, 4) is 39.1 Å². The molecule has 0 atom stereocenters. The molecule has 2 aromatic heterocycles. The molecule has 13 rings (SSSR count). The molecule has 1 N–H and O–H groups in total. The SMILES string of the molecule is CC(C)(C)c1ccc(Nc2cc3c(cc2-c2ccc4c5cc6c(cc5n5c4c2Bc2cc4c(cc2-5)-c2ccccc2C4(C)C)sc2ccccc26)C(C)(C)c2ccccc2-3)cc1. The zero-order chi connectivity index (χ0) is 42.0. The van der Waals surface area contributed by atoms with Gasteiger partial charge in [0.1, 0.15) is 0 Å². The number of rotatable bonds is 3. The van der Waals surface area contributed by atoms with Gasteiger partial charge >= 0.3 is 0 Å². The molecule has 3 aliphatic rings. The van der Waals surface area contributed by atoms with Crippen LogP contribution in [-0.2, 0) is 16.2 Å². The van der Waals surface area contributed by atoms with E-state index in [2.05, 4.69) is 204 Å². The van der Waals surface area contributed by atoms with Crippen molar-refractivity contribution in [2.75, 3.05) is 5.32 Å². The van der Waals surface area contributed by atoms with Gasteiger partial charge in [0.2, 0.25) is 0 Å². The summed E-state index contributed by atoms with van der Waals surface area (Å²) in [5.41, 5.74) is 23.7. The summed E-state index contributed by atoms with van der Waals surface area (Å²) in [7, 11) is 0.857. The van der Waals surface area contributed by atoms with E-state index < -0.39 is 0 Å². The normalized spacial score (nSPS) is 15.1. The predicted molar refractivity (Wildman–Crippen MR) is 269 cm³/mol.